The zero-order valence-corrected chi connectivity index (χ0v) is 13.4. The Hall–Kier alpha value is -1.62. The lowest BCUT2D eigenvalue weighted by Gasteiger charge is -2.34. The summed E-state index contributed by atoms with van der Waals surface area (Å²) in [5.41, 5.74) is 0.497. The Labute approximate surface area is 132 Å². The van der Waals surface area contributed by atoms with Crippen LogP contribution in [0.25, 0.3) is 0 Å². The largest absolute Gasteiger partial charge is 0.337 e. The highest BCUT2D eigenvalue weighted by molar-refractivity contribution is 5.73. The molecule has 0 radical (unpaired) electrons. The number of halogens is 1. The molecule has 1 aliphatic heterocycles. The highest BCUT2D eigenvalue weighted by Gasteiger charge is 2.21. The Balaban J connectivity index is 1.65. The second-order valence-electron chi connectivity index (χ2n) is 6.41. The van der Waals surface area contributed by atoms with Crippen LogP contribution in [0.2, 0.25) is 0 Å². The maximum atomic E-state index is 13.4. The molecule has 0 aromatic heterocycles. The van der Waals surface area contributed by atoms with Crippen LogP contribution < -0.4 is 10.6 Å². The Morgan fingerprint density at radius 3 is 2.59 bits per heavy atom. The molecule has 0 saturated carbocycles. The van der Waals surface area contributed by atoms with Gasteiger partial charge in [0.25, 0.3) is 0 Å². The molecule has 122 valence electrons. The Kier molecular flexibility index (Phi) is 6.19. The van der Waals surface area contributed by atoms with Gasteiger partial charge < -0.3 is 15.5 Å². The summed E-state index contributed by atoms with van der Waals surface area (Å²) >= 11 is 0. The molecule has 0 spiro atoms. The second kappa shape index (κ2) is 8.13. The number of carbonyl (C=O) groups is 1. The van der Waals surface area contributed by atoms with Gasteiger partial charge in [0.2, 0.25) is 0 Å². The average Bonchev–Trinajstić information content (AvgIpc) is 2.45. The first-order valence-electron chi connectivity index (χ1n) is 8.02. The number of rotatable bonds is 5. The Morgan fingerprint density at radius 1 is 1.23 bits per heavy atom. The number of hydrogen-bond acceptors (Lipinski definition) is 2. The molecule has 5 heteroatoms. The molecule has 2 N–H and O–H groups in total. The van der Waals surface area contributed by atoms with E-state index in [-0.39, 0.29) is 18.4 Å². The van der Waals surface area contributed by atoms with Gasteiger partial charge in [-0.25, -0.2) is 9.18 Å². The number of hydrogen-bond donors (Lipinski definition) is 2. The highest BCUT2D eigenvalue weighted by atomic mass is 19.1. The smallest absolute Gasteiger partial charge is 0.315 e. The third kappa shape index (κ3) is 5.30. The minimum Gasteiger partial charge on any atom is -0.337 e. The number of nitrogens with one attached hydrogen (secondary N) is 2. The number of amides is 2. The standard InChI is InChI=1S/C17H26FN3O/c1-13-9-14(2)12-21(11-13)8-7-19-17(22)20-10-15-5-3-4-6-16(15)18/h3-6,13-14H,7-12H2,1-2H3,(H2,19,20,22). The molecule has 2 amide bonds. The third-order valence-corrected chi connectivity index (χ3v) is 4.06. The summed E-state index contributed by atoms with van der Waals surface area (Å²) in [4.78, 5) is 14.1. The first-order chi connectivity index (χ1) is 10.5. The number of benzene rings is 1. The van der Waals surface area contributed by atoms with Crippen LogP contribution >= 0.6 is 0 Å². The number of likely N-dealkylation sites (tertiary alicyclic amines) is 1. The first-order valence-corrected chi connectivity index (χ1v) is 8.02. The molecule has 1 fully saturated rings. The lowest BCUT2D eigenvalue weighted by molar-refractivity contribution is 0.142. The Bertz CT molecular complexity index is 485. The van der Waals surface area contributed by atoms with E-state index in [0.29, 0.717) is 12.1 Å². The van der Waals surface area contributed by atoms with Crippen LogP contribution in [-0.4, -0.2) is 37.1 Å². The van der Waals surface area contributed by atoms with E-state index in [4.69, 9.17) is 0 Å². The maximum Gasteiger partial charge on any atom is 0.315 e. The molecule has 1 aromatic carbocycles. The van der Waals surface area contributed by atoms with Crippen LogP contribution in [0, 0.1) is 17.7 Å². The Morgan fingerprint density at radius 2 is 1.91 bits per heavy atom. The average molecular weight is 307 g/mol. The fourth-order valence-electron chi connectivity index (χ4n) is 3.18. The van der Waals surface area contributed by atoms with E-state index in [0.717, 1.165) is 31.5 Å². The van der Waals surface area contributed by atoms with Crippen molar-refractivity contribution >= 4 is 6.03 Å². The molecule has 1 aromatic rings. The van der Waals surface area contributed by atoms with E-state index >= 15 is 0 Å². The van der Waals surface area contributed by atoms with E-state index in [1.54, 1.807) is 18.2 Å². The summed E-state index contributed by atoms with van der Waals surface area (Å²) in [6.45, 7) is 8.43. The molecule has 1 heterocycles. The molecule has 1 saturated heterocycles. The van der Waals surface area contributed by atoms with E-state index in [9.17, 15) is 9.18 Å². The van der Waals surface area contributed by atoms with Crippen molar-refractivity contribution in [2.45, 2.75) is 26.8 Å². The van der Waals surface area contributed by atoms with Gasteiger partial charge in [-0.1, -0.05) is 32.0 Å². The van der Waals surface area contributed by atoms with Gasteiger partial charge in [-0.2, -0.15) is 0 Å². The van der Waals surface area contributed by atoms with E-state index in [2.05, 4.69) is 29.4 Å². The molecule has 0 bridgehead atoms. The van der Waals surface area contributed by atoms with Gasteiger partial charge in [-0.05, 0) is 24.3 Å². The van der Waals surface area contributed by atoms with E-state index in [1.165, 1.54) is 12.5 Å². The summed E-state index contributed by atoms with van der Waals surface area (Å²) in [6.07, 6.45) is 1.28. The van der Waals surface area contributed by atoms with Crippen LogP contribution in [0.3, 0.4) is 0 Å². The summed E-state index contributed by atoms with van der Waals surface area (Å²) < 4.78 is 13.4. The van der Waals surface area contributed by atoms with Gasteiger partial charge in [0.1, 0.15) is 5.82 Å². The van der Waals surface area contributed by atoms with Crippen molar-refractivity contribution < 1.29 is 9.18 Å². The van der Waals surface area contributed by atoms with Crippen LogP contribution in [0.5, 0.6) is 0 Å². The number of carbonyl (C=O) groups excluding carboxylic acids is 1. The molecule has 1 aliphatic rings. The SMILES string of the molecule is CC1CC(C)CN(CCNC(=O)NCc2ccccc2F)C1. The molecular weight excluding hydrogens is 281 g/mol. The first kappa shape index (κ1) is 16.7. The molecule has 4 nitrogen and oxygen atoms in total. The van der Waals surface area contributed by atoms with Gasteiger partial charge >= 0.3 is 6.03 Å². The summed E-state index contributed by atoms with van der Waals surface area (Å²) in [5, 5.41) is 5.52. The monoisotopic (exact) mass is 307 g/mol. The number of nitrogens with zero attached hydrogens (tertiary/aromatic N) is 1. The quantitative estimate of drug-likeness (QED) is 0.878. The van der Waals surface area contributed by atoms with Crippen molar-refractivity contribution in [3.63, 3.8) is 0 Å². The minimum atomic E-state index is -0.293. The predicted molar refractivity (Wildman–Crippen MR) is 86.0 cm³/mol. The van der Waals surface area contributed by atoms with Crippen molar-refractivity contribution in [3.8, 4) is 0 Å². The molecule has 0 aliphatic carbocycles. The third-order valence-electron chi connectivity index (χ3n) is 4.06. The zero-order valence-electron chi connectivity index (χ0n) is 13.4. The molecule has 22 heavy (non-hydrogen) atoms. The number of piperidine rings is 1. The summed E-state index contributed by atoms with van der Waals surface area (Å²) in [7, 11) is 0. The highest BCUT2D eigenvalue weighted by Crippen LogP contribution is 2.20. The molecule has 2 unspecified atom stereocenters. The number of urea groups is 1. The maximum absolute atomic E-state index is 13.4. The predicted octanol–water partition coefficient (Wildman–Crippen LogP) is 2.60. The van der Waals surface area contributed by atoms with Crippen molar-refractivity contribution in [1.29, 1.82) is 0 Å². The van der Waals surface area contributed by atoms with Gasteiger partial charge in [0.15, 0.2) is 0 Å². The van der Waals surface area contributed by atoms with Gasteiger partial charge in [-0.15, -0.1) is 0 Å². The van der Waals surface area contributed by atoms with E-state index < -0.39 is 0 Å². The fourth-order valence-corrected chi connectivity index (χ4v) is 3.18. The van der Waals surface area contributed by atoms with Crippen molar-refractivity contribution in [3.05, 3.63) is 35.6 Å². The van der Waals surface area contributed by atoms with Gasteiger partial charge in [0.05, 0.1) is 0 Å². The van der Waals surface area contributed by atoms with Gasteiger partial charge in [0, 0.05) is 38.3 Å². The minimum absolute atomic E-state index is 0.205. The van der Waals surface area contributed by atoms with Crippen molar-refractivity contribution in [2.24, 2.45) is 11.8 Å². The topological polar surface area (TPSA) is 44.4 Å². The second-order valence-corrected chi connectivity index (χ2v) is 6.41. The van der Waals surface area contributed by atoms with Crippen molar-refractivity contribution in [1.82, 2.24) is 15.5 Å². The zero-order chi connectivity index (χ0) is 15.9. The van der Waals surface area contributed by atoms with Gasteiger partial charge in [-0.3, -0.25) is 0 Å². The molecule has 2 rings (SSSR count). The lowest BCUT2D eigenvalue weighted by Crippen LogP contribution is -2.44. The molecule has 2 atom stereocenters. The summed E-state index contributed by atoms with van der Waals surface area (Å²) in [5.74, 6) is 1.15. The fraction of sp³-hybridized carbons (Fsp3) is 0.588. The normalized spacial score (nSPS) is 22.3. The van der Waals surface area contributed by atoms with Crippen LogP contribution in [0.4, 0.5) is 9.18 Å². The molecular formula is C17H26FN3O. The van der Waals surface area contributed by atoms with Crippen LogP contribution in [0.1, 0.15) is 25.8 Å². The van der Waals surface area contributed by atoms with Crippen LogP contribution in [-0.2, 0) is 6.54 Å². The van der Waals surface area contributed by atoms with Crippen molar-refractivity contribution in [2.75, 3.05) is 26.2 Å². The van der Waals surface area contributed by atoms with Crippen LogP contribution in [0.15, 0.2) is 24.3 Å². The van der Waals surface area contributed by atoms with E-state index in [1.807, 2.05) is 0 Å². The lowest BCUT2D eigenvalue weighted by atomic mass is 9.92. The summed E-state index contributed by atoms with van der Waals surface area (Å²) in [6, 6.07) is 6.22.